The van der Waals surface area contributed by atoms with Gasteiger partial charge >= 0.3 is 6.09 Å². The van der Waals surface area contributed by atoms with Gasteiger partial charge in [0.2, 0.25) is 5.91 Å². The van der Waals surface area contributed by atoms with Crippen LogP contribution >= 0.6 is 0 Å². The van der Waals surface area contributed by atoms with Crippen LogP contribution in [0.2, 0.25) is 0 Å². The van der Waals surface area contributed by atoms with Crippen LogP contribution in [0, 0.1) is 0 Å². The Hall–Kier alpha value is -2.86. The lowest BCUT2D eigenvalue weighted by molar-refractivity contribution is -0.118. The maximum absolute atomic E-state index is 13.5. The Morgan fingerprint density at radius 1 is 0.968 bits per heavy atom. The standard InChI is InChI=1S/C25H31N3O3/c1-2-31-25(30)26-21-13-12-20-11-10-19-8-4-5-9-22(19)28(23(20)18-21)24(29)14-17-27-15-6-3-7-16-27/h4-5,8-9,12-13,18H,2-3,6-7,10-11,14-17H2,1H3,(H,26,30). The summed E-state index contributed by atoms with van der Waals surface area (Å²) in [5, 5.41) is 2.77. The Labute approximate surface area is 184 Å². The molecule has 1 N–H and O–H groups in total. The van der Waals surface area contributed by atoms with Crippen molar-refractivity contribution >= 4 is 29.1 Å². The molecule has 0 aliphatic carbocycles. The SMILES string of the molecule is CCOC(=O)Nc1ccc2c(c1)N(C(=O)CCN1CCCCC1)c1ccccc1CC2. The number of amides is 2. The molecule has 2 aliphatic rings. The van der Waals surface area contributed by atoms with Crippen molar-refractivity contribution < 1.29 is 14.3 Å². The van der Waals surface area contributed by atoms with Crippen molar-refractivity contribution in [1.29, 1.82) is 0 Å². The van der Waals surface area contributed by atoms with Crippen LogP contribution in [0.25, 0.3) is 0 Å². The van der Waals surface area contributed by atoms with Gasteiger partial charge < -0.3 is 9.64 Å². The van der Waals surface area contributed by atoms with E-state index in [1.54, 1.807) is 6.92 Å². The van der Waals surface area contributed by atoms with Crippen LogP contribution < -0.4 is 10.2 Å². The molecule has 0 unspecified atom stereocenters. The number of nitrogens with zero attached hydrogens (tertiary/aromatic N) is 2. The van der Waals surface area contributed by atoms with E-state index in [4.69, 9.17) is 4.74 Å². The van der Waals surface area contributed by atoms with E-state index in [0.29, 0.717) is 18.7 Å². The number of aryl methyl sites for hydroxylation is 2. The van der Waals surface area contributed by atoms with Crippen LogP contribution in [0.15, 0.2) is 42.5 Å². The molecule has 0 atom stereocenters. The van der Waals surface area contributed by atoms with Gasteiger partial charge in [-0.25, -0.2) is 4.79 Å². The first-order valence-corrected chi connectivity index (χ1v) is 11.4. The first-order chi connectivity index (χ1) is 15.2. The Morgan fingerprint density at radius 3 is 2.48 bits per heavy atom. The van der Waals surface area contributed by atoms with E-state index in [9.17, 15) is 9.59 Å². The molecule has 0 aromatic heterocycles. The summed E-state index contributed by atoms with van der Waals surface area (Å²) in [5.74, 6) is 0.0921. The Balaban J connectivity index is 1.63. The molecule has 0 bridgehead atoms. The van der Waals surface area contributed by atoms with E-state index in [1.807, 2.05) is 41.3 Å². The average Bonchev–Trinajstić information content (AvgIpc) is 2.95. The maximum Gasteiger partial charge on any atom is 0.411 e. The van der Waals surface area contributed by atoms with Gasteiger partial charge in [-0.2, -0.15) is 0 Å². The topological polar surface area (TPSA) is 61.9 Å². The predicted molar refractivity (Wildman–Crippen MR) is 123 cm³/mol. The summed E-state index contributed by atoms with van der Waals surface area (Å²) in [7, 11) is 0. The number of hydrogen-bond donors (Lipinski definition) is 1. The van der Waals surface area contributed by atoms with Gasteiger partial charge in [0, 0.05) is 18.7 Å². The van der Waals surface area contributed by atoms with Crippen molar-refractivity contribution in [1.82, 2.24) is 4.90 Å². The number of benzene rings is 2. The molecule has 0 radical (unpaired) electrons. The molecule has 0 saturated carbocycles. The number of likely N-dealkylation sites (tertiary alicyclic amines) is 1. The monoisotopic (exact) mass is 421 g/mol. The third-order valence-electron chi connectivity index (χ3n) is 6.08. The molecular formula is C25H31N3O3. The highest BCUT2D eigenvalue weighted by atomic mass is 16.5. The van der Waals surface area contributed by atoms with Crippen molar-refractivity contribution in [2.24, 2.45) is 0 Å². The highest BCUT2D eigenvalue weighted by Gasteiger charge is 2.26. The summed E-state index contributed by atoms with van der Waals surface area (Å²) in [6.45, 7) is 5.03. The van der Waals surface area contributed by atoms with Crippen LogP contribution in [0.3, 0.4) is 0 Å². The van der Waals surface area contributed by atoms with Crippen LogP contribution in [0.4, 0.5) is 21.9 Å². The quantitative estimate of drug-likeness (QED) is 0.746. The fraction of sp³-hybridized carbons (Fsp3) is 0.440. The van der Waals surface area contributed by atoms with Gasteiger partial charge in [-0.1, -0.05) is 30.7 Å². The van der Waals surface area contributed by atoms with Gasteiger partial charge in [-0.15, -0.1) is 0 Å². The molecule has 4 rings (SSSR count). The van der Waals surface area contributed by atoms with Crippen molar-refractivity contribution in [3.63, 3.8) is 0 Å². The molecule has 6 nitrogen and oxygen atoms in total. The second kappa shape index (κ2) is 9.96. The molecule has 2 heterocycles. The molecule has 1 fully saturated rings. The molecule has 1 saturated heterocycles. The van der Waals surface area contributed by atoms with Crippen molar-refractivity contribution in [2.75, 3.05) is 36.5 Å². The number of hydrogen-bond acceptors (Lipinski definition) is 4. The van der Waals surface area contributed by atoms with E-state index < -0.39 is 6.09 Å². The van der Waals surface area contributed by atoms with Gasteiger partial charge in [0.25, 0.3) is 0 Å². The fourth-order valence-electron chi connectivity index (χ4n) is 4.50. The van der Waals surface area contributed by atoms with Gasteiger partial charge in [0.15, 0.2) is 0 Å². The van der Waals surface area contributed by atoms with Crippen LogP contribution in [0.1, 0.15) is 43.7 Å². The highest BCUT2D eigenvalue weighted by Crippen LogP contribution is 2.38. The number of carbonyl (C=O) groups excluding carboxylic acids is 2. The van der Waals surface area contributed by atoms with E-state index >= 15 is 0 Å². The number of nitrogens with one attached hydrogen (secondary N) is 1. The summed E-state index contributed by atoms with van der Waals surface area (Å²) in [6, 6.07) is 13.9. The normalized spacial score (nSPS) is 16.1. The number of anilines is 3. The molecular weight excluding hydrogens is 390 g/mol. The smallest absolute Gasteiger partial charge is 0.411 e. The second-order valence-corrected chi connectivity index (χ2v) is 8.20. The third kappa shape index (κ3) is 5.07. The Kier molecular flexibility index (Phi) is 6.87. The van der Waals surface area contributed by atoms with Gasteiger partial charge in [-0.3, -0.25) is 15.0 Å². The maximum atomic E-state index is 13.5. The van der Waals surface area contributed by atoms with E-state index in [0.717, 1.165) is 49.4 Å². The number of ether oxygens (including phenoxy) is 1. The molecule has 2 aromatic carbocycles. The van der Waals surface area contributed by atoms with Crippen LogP contribution in [-0.2, 0) is 22.4 Å². The molecule has 164 valence electrons. The minimum atomic E-state index is -0.487. The molecule has 6 heteroatoms. The van der Waals surface area contributed by atoms with Gasteiger partial charge in [0.05, 0.1) is 18.0 Å². The molecule has 2 amide bonds. The molecule has 2 aliphatic heterocycles. The van der Waals surface area contributed by atoms with E-state index in [1.165, 1.54) is 24.8 Å². The van der Waals surface area contributed by atoms with E-state index in [-0.39, 0.29) is 5.91 Å². The van der Waals surface area contributed by atoms with E-state index in [2.05, 4.69) is 16.3 Å². The number of rotatable bonds is 5. The first-order valence-electron chi connectivity index (χ1n) is 11.4. The summed E-state index contributed by atoms with van der Waals surface area (Å²) >= 11 is 0. The first kappa shape index (κ1) is 21.4. The molecule has 0 spiro atoms. The van der Waals surface area contributed by atoms with Crippen LogP contribution in [0.5, 0.6) is 0 Å². The lowest BCUT2D eigenvalue weighted by Crippen LogP contribution is -2.35. The fourth-order valence-corrected chi connectivity index (χ4v) is 4.50. The summed E-state index contributed by atoms with van der Waals surface area (Å²) in [4.78, 5) is 29.7. The van der Waals surface area contributed by atoms with Crippen molar-refractivity contribution in [3.8, 4) is 0 Å². The summed E-state index contributed by atoms with van der Waals surface area (Å²) < 4.78 is 5.01. The lowest BCUT2D eigenvalue weighted by atomic mass is 10.0. The second-order valence-electron chi connectivity index (χ2n) is 8.20. The predicted octanol–water partition coefficient (Wildman–Crippen LogP) is 4.89. The minimum absolute atomic E-state index is 0.0921. The van der Waals surface area contributed by atoms with Gasteiger partial charge in [-0.05, 0) is 75.0 Å². The average molecular weight is 422 g/mol. The minimum Gasteiger partial charge on any atom is -0.450 e. The molecule has 31 heavy (non-hydrogen) atoms. The van der Waals surface area contributed by atoms with Crippen LogP contribution in [-0.4, -0.2) is 43.1 Å². The highest BCUT2D eigenvalue weighted by molar-refractivity contribution is 6.03. The molecule has 2 aromatic rings. The lowest BCUT2D eigenvalue weighted by Gasteiger charge is -2.29. The summed E-state index contributed by atoms with van der Waals surface area (Å²) in [5.41, 5.74) is 4.70. The third-order valence-corrected chi connectivity index (χ3v) is 6.08. The van der Waals surface area contributed by atoms with Gasteiger partial charge in [0.1, 0.15) is 0 Å². The number of fused-ring (bicyclic) bond motifs is 2. The zero-order chi connectivity index (χ0) is 21.6. The zero-order valence-corrected chi connectivity index (χ0v) is 18.2. The Bertz CT molecular complexity index is 937. The Morgan fingerprint density at radius 2 is 1.71 bits per heavy atom. The van der Waals surface area contributed by atoms with Crippen molar-refractivity contribution in [2.45, 2.75) is 45.4 Å². The van der Waals surface area contributed by atoms with Crippen molar-refractivity contribution in [3.05, 3.63) is 53.6 Å². The number of para-hydroxylation sites is 1. The number of piperidine rings is 1. The zero-order valence-electron chi connectivity index (χ0n) is 18.2. The largest absolute Gasteiger partial charge is 0.450 e. The summed E-state index contributed by atoms with van der Waals surface area (Å²) in [6.07, 6.45) is 5.43. The number of carbonyl (C=O) groups is 2.